The Kier molecular flexibility index (Phi) is 4.36. The maximum Gasteiger partial charge on any atom is 0.139 e. The highest BCUT2D eigenvalue weighted by Crippen LogP contribution is 2.64. The Morgan fingerprint density at radius 2 is 1.96 bits per heavy atom. The highest BCUT2D eigenvalue weighted by Gasteiger charge is 2.61. The molecule has 4 fully saturated rings. The summed E-state index contributed by atoms with van der Waals surface area (Å²) in [4.78, 5) is 30.3. The van der Waals surface area contributed by atoms with E-state index in [0.717, 1.165) is 44.2 Å². The minimum absolute atomic E-state index is 0.111. The number of ketones is 2. The maximum absolute atomic E-state index is 12.6. The normalized spacial score (nSPS) is 46.5. The summed E-state index contributed by atoms with van der Waals surface area (Å²) in [5.74, 6) is 2.60. The number of carbonyl (C=O) groups is 2. The van der Waals surface area contributed by atoms with Gasteiger partial charge in [0.05, 0.1) is 5.71 Å². The number of hydrogen-bond donors (Lipinski definition) is 0. The van der Waals surface area contributed by atoms with E-state index in [9.17, 15) is 9.59 Å². The predicted molar refractivity (Wildman–Crippen MR) is 101 cm³/mol. The molecule has 6 atom stereocenters. The summed E-state index contributed by atoms with van der Waals surface area (Å²) in [6, 6.07) is 0. The Balaban J connectivity index is 1.70. The fraction of sp³-hybridized carbons (Fsp3) is 0.773. The highest BCUT2D eigenvalue weighted by atomic mass is 16.6. The van der Waals surface area contributed by atoms with Crippen LogP contribution >= 0.6 is 0 Å². The van der Waals surface area contributed by atoms with Crippen molar-refractivity contribution < 1.29 is 14.4 Å². The average molecular weight is 357 g/mol. The summed E-state index contributed by atoms with van der Waals surface area (Å²) >= 11 is 0. The largest absolute Gasteiger partial charge is 0.392 e. The Labute approximate surface area is 156 Å². The monoisotopic (exact) mass is 357 g/mol. The van der Waals surface area contributed by atoms with E-state index < -0.39 is 0 Å². The zero-order valence-corrected chi connectivity index (χ0v) is 16.1. The van der Waals surface area contributed by atoms with Gasteiger partial charge in [-0.1, -0.05) is 31.7 Å². The molecule has 0 saturated heterocycles. The third kappa shape index (κ3) is 2.51. The minimum atomic E-state index is -0.137. The first kappa shape index (κ1) is 17.9. The SMILES string of the molecule is C=CCO/N=C1/C[C@@H]2[C@H](CC[C@]3(C)C(=O)CC[C@@H]23)[C@@]2(C)CCC(=O)CC12. The molecule has 4 aliphatic rings. The van der Waals surface area contributed by atoms with Crippen LogP contribution in [0, 0.1) is 34.5 Å². The van der Waals surface area contributed by atoms with Crippen molar-refractivity contribution in [2.45, 2.75) is 65.2 Å². The lowest BCUT2D eigenvalue weighted by Gasteiger charge is -2.59. The van der Waals surface area contributed by atoms with Crippen molar-refractivity contribution in [2.75, 3.05) is 6.61 Å². The van der Waals surface area contributed by atoms with Gasteiger partial charge in [0.2, 0.25) is 0 Å². The highest BCUT2D eigenvalue weighted by molar-refractivity contribution is 5.94. The molecule has 4 nitrogen and oxygen atoms in total. The molecule has 4 aliphatic carbocycles. The Morgan fingerprint density at radius 3 is 2.73 bits per heavy atom. The number of carbonyl (C=O) groups excluding carboxylic acids is 2. The molecule has 0 bridgehead atoms. The predicted octanol–water partition coefficient (Wildman–Crippen LogP) is 4.34. The van der Waals surface area contributed by atoms with E-state index in [2.05, 4.69) is 25.6 Å². The fourth-order valence-corrected chi connectivity index (χ4v) is 6.91. The van der Waals surface area contributed by atoms with Gasteiger partial charge in [0, 0.05) is 30.6 Å². The Hall–Kier alpha value is -1.45. The summed E-state index contributed by atoms with van der Waals surface area (Å²) < 4.78 is 0. The lowest BCUT2D eigenvalue weighted by molar-refractivity contribution is -0.136. The molecule has 0 heterocycles. The van der Waals surface area contributed by atoms with E-state index in [4.69, 9.17) is 4.84 Å². The zero-order chi connectivity index (χ0) is 18.5. The van der Waals surface area contributed by atoms with Gasteiger partial charge >= 0.3 is 0 Å². The summed E-state index contributed by atoms with van der Waals surface area (Å²) in [5.41, 5.74) is 1.04. The number of oxime groups is 1. The second-order valence-electron chi connectivity index (χ2n) is 9.47. The van der Waals surface area contributed by atoms with E-state index in [-0.39, 0.29) is 16.7 Å². The molecular weight excluding hydrogens is 326 g/mol. The number of nitrogens with zero attached hydrogens (tertiary/aromatic N) is 1. The van der Waals surface area contributed by atoms with Gasteiger partial charge in [-0.2, -0.15) is 0 Å². The maximum atomic E-state index is 12.6. The molecule has 4 rings (SSSR count). The molecule has 0 N–H and O–H groups in total. The second-order valence-corrected chi connectivity index (χ2v) is 9.47. The van der Waals surface area contributed by atoms with Gasteiger partial charge in [0.1, 0.15) is 18.2 Å². The Bertz CT molecular complexity index is 668. The standard InChI is InChI=1S/C22H31NO3/c1-4-11-26-23-19-13-15-16-5-6-20(25)22(16,3)10-8-17(15)21(2)9-7-14(24)12-18(19)21/h4,15-18H,1,5-13H2,2-3H3/b23-19-/t15-,16-,17-,18?,21+,22-/m0/s1. The first-order chi connectivity index (χ1) is 12.4. The lowest BCUT2D eigenvalue weighted by Crippen LogP contribution is -2.56. The minimum Gasteiger partial charge on any atom is -0.392 e. The van der Waals surface area contributed by atoms with Crippen LogP contribution in [-0.4, -0.2) is 23.9 Å². The quantitative estimate of drug-likeness (QED) is 0.429. The van der Waals surface area contributed by atoms with Gasteiger partial charge in [-0.15, -0.1) is 0 Å². The average Bonchev–Trinajstić information content (AvgIpc) is 2.92. The van der Waals surface area contributed by atoms with Crippen LogP contribution in [0.4, 0.5) is 0 Å². The third-order valence-electron chi connectivity index (χ3n) is 8.38. The second kappa shape index (κ2) is 6.31. The van der Waals surface area contributed by atoms with E-state index in [1.807, 2.05) is 0 Å². The van der Waals surface area contributed by atoms with E-state index in [0.29, 0.717) is 48.8 Å². The molecule has 0 aromatic rings. The van der Waals surface area contributed by atoms with Crippen molar-refractivity contribution in [1.82, 2.24) is 0 Å². The topological polar surface area (TPSA) is 55.7 Å². The molecule has 26 heavy (non-hydrogen) atoms. The van der Waals surface area contributed by atoms with Gasteiger partial charge < -0.3 is 4.84 Å². The van der Waals surface area contributed by atoms with Crippen molar-refractivity contribution >= 4 is 17.3 Å². The molecule has 0 aromatic heterocycles. The van der Waals surface area contributed by atoms with E-state index in [1.165, 1.54) is 0 Å². The van der Waals surface area contributed by atoms with Crippen LogP contribution in [0.5, 0.6) is 0 Å². The number of hydrogen-bond acceptors (Lipinski definition) is 4. The van der Waals surface area contributed by atoms with Crippen molar-refractivity contribution in [3.8, 4) is 0 Å². The Morgan fingerprint density at radius 1 is 1.15 bits per heavy atom. The third-order valence-corrected chi connectivity index (χ3v) is 8.38. The summed E-state index contributed by atoms with van der Waals surface area (Å²) in [6.45, 7) is 8.67. The van der Waals surface area contributed by atoms with Gasteiger partial charge in [-0.25, -0.2) is 0 Å². The van der Waals surface area contributed by atoms with Crippen molar-refractivity contribution in [3.05, 3.63) is 12.7 Å². The summed E-state index contributed by atoms with van der Waals surface area (Å²) in [5, 5.41) is 4.49. The number of fused-ring (bicyclic) bond motifs is 5. The molecule has 1 unspecified atom stereocenters. The molecule has 0 aromatic carbocycles. The molecule has 0 amide bonds. The molecule has 4 saturated carbocycles. The summed E-state index contributed by atoms with van der Waals surface area (Å²) in [7, 11) is 0. The molecule has 142 valence electrons. The lowest BCUT2D eigenvalue weighted by atomic mass is 9.45. The van der Waals surface area contributed by atoms with E-state index in [1.54, 1.807) is 6.08 Å². The van der Waals surface area contributed by atoms with Crippen LogP contribution < -0.4 is 0 Å². The van der Waals surface area contributed by atoms with Gasteiger partial charge in [-0.05, 0) is 55.3 Å². The van der Waals surface area contributed by atoms with Crippen LogP contribution in [-0.2, 0) is 14.4 Å². The first-order valence-electron chi connectivity index (χ1n) is 10.2. The molecule has 0 radical (unpaired) electrons. The van der Waals surface area contributed by atoms with Crippen molar-refractivity contribution in [1.29, 1.82) is 0 Å². The van der Waals surface area contributed by atoms with Crippen LogP contribution in [0.25, 0.3) is 0 Å². The zero-order valence-electron chi connectivity index (χ0n) is 16.1. The van der Waals surface area contributed by atoms with Crippen LogP contribution in [0.1, 0.15) is 65.2 Å². The van der Waals surface area contributed by atoms with Gasteiger partial charge in [0.25, 0.3) is 0 Å². The van der Waals surface area contributed by atoms with Gasteiger partial charge in [-0.3, -0.25) is 9.59 Å². The van der Waals surface area contributed by atoms with Crippen molar-refractivity contribution in [2.24, 2.45) is 39.7 Å². The molecular formula is C22H31NO3. The number of Topliss-reactive ketones (excluding diaryl/α,β-unsaturated/α-hetero) is 2. The van der Waals surface area contributed by atoms with Crippen LogP contribution in [0.2, 0.25) is 0 Å². The molecule has 0 spiro atoms. The smallest absolute Gasteiger partial charge is 0.139 e. The molecule has 4 heteroatoms. The fourth-order valence-electron chi connectivity index (χ4n) is 6.91. The summed E-state index contributed by atoms with van der Waals surface area (Å²) in [6.07, 6.45) is 8.75. The van der Waals surface area contributed by atoms with Crippen LogP contribution in [0.15, 0.2) is 17.8 Å². The van der Waals surface area contributed by atoms with Crippen molar-refractivity contribution in [3.63, 3.8) is 0 Å². The number of rotatable bonds is 3. The molecule has 0 aliphatic heterocycles. The van der Waals surface area contributed by atoms with E-state index >= 15 is 0 Å². The first-order valence-corrected chi connectivity index (χ1v) is 10.2. The van der Waals surface area contributed by atoms with Crippen LogP contribution in [0.3, 0.4) is 0 Å². The van der Waals surface area contributed by atoms with Gasteiger partial charge in [0.15, 0.2) is 0 Å².